The number of carbonyl (C=O) groups is 1. The van der Waals surface area contributed by atoms with Crippen LogP contribution in [0.5, 0.6) is 5.75 Å². The molecule has 1 aromatic heterocycles. The van der Waals surface area contributed by atoms with Gasteiger partial charge in [-0.05, 0) is 38.1 Å². The average molecular weight is 230 g/mol. The van der Waals surface area contributed by atoms with E-state index in [2.05, 4.69) is 5.10 Å². The molecule has 0 amide bonds. The Hall–Kier alpha value is -2.10. The van der Waals surface area contributed by atoms with Crippen molar-refractivity contribution in [1.82, 2.24) is 9.78 Å². The van der Waals surface area contributed by atoms with E-state index < -0.39 is 0 Å². The van der Waals surface area contributed by atoms with Crippen molar-refractivity contribution < 1.29 is 9.53 Å². The maximum absolute atomic E-state index is 11.0. The molecule has 1 aromatic carbocycles. The van der Waals surface area contributed by atoms with E-state index in [1.54, 1.807) is 19.2 Å². The van der Waals surface area contributed by atoms with Crippen molar-refractivity contribution in [2.24, 2.45) is 0 Å². The molecule has 88 valence electrons. The summed E-state index contributed by atoms with van der Waals surface area (Å²) in [6.07, 6.45) is 0.786. The number of hydrogen-bond donors (Lipinski definition) is 0. The number of aromatic nitrogens is 2. The Kier molecular flexibility index (Phi) is 2.95. The number of aryl methyl sites for hydroxylation is 2. The number of rotatable bonds is 3. The number of methoxy groups -OCH3 is 1. The highest BCUT2D eigenvalue weighted by Crippen LogP contribution is 2.21. The lowest BCUT2D eigenvalue weighted by molar-refractivity contribution is 0.112. The third-order valence-corrected chi connectivity index (χ3v) is 2.59. The molecule has 0 fully saturated rings. The van der Waals surface area contributed by atoms with Crippen molar-refractivity contribution in [1.29, 1.82) is 0 Å². The zero-order chi connectivity index (χ0) is 12.4. The lowest BCUT2D eigenvalue weighted by atomic mass is 10.2. The fourth-order valence-electron chi connectivity index (χ4n) is 1.84. The third kappa shape index (κ3) is 2.06. The molecule has 0 atom stereocenters. The number of hydrogen-bond acceptors (Lipinski definition) is 3. The molecular weight excluding hydrogens is 216 g/mol. The minimum atomic E-state index is 0.526. The summed E-state index contributed by atoms with van der Waals surface area (Å²) in [6.45, 7) is 3.92. The topological polar surface area (TPSA) is 44.1 Å². The van der Waals surface area contributed by atoms with Crippen LogP contribution < -0.4 is 4.74 Å². The first kappa shape index (κ1) is 11.4. The Labute approximate surface area is 99.8 Å². The predicted molar refractivity (Wildman–Crippen MR) is 65.0 cm³/mol. The van der Waals surface area contributed by atoms with Crippen LogP contribution in [0.4, 0.5) is 0 Å². The summed E-state index contributed by atoms with van der Waals surface area (Å²) in [5.41, 5.74) is 3.37. The monoisotopic (exact) mass is 230 g/mol. The number of carbonyl (C=O) groups excluding carboxylic acids is 1. The summed E-state index contributed by atoms with van der Waals surface area (Å²) < 4.78 is 6.91. The fourth-order valence-corrected chi connectivity index (χ4v) is 1.84. The van der Waals surface area contributed by atoms with Crippen LogP contribution in [-0.2, 0) is 0 Å². The van der Waals surface area contributed by atoms with Crippen LogP contribution in [0.1, 0.15) is 21.7 Å². The van der Waals surface area contributed by atoms with Crippen molar-refractivity contribution >= 4 is 6.29 Å². The van der Waals surface area contributed by atoms with Crippen molar-refractivity contribution in [3.8, 4) is 11.4 Å². The van der Waals surface area contributed by atoms with Gasteiger partial charge in [-0.1, -0.05) is 0 Å². The van der Waals surface area contributed by atoms with Crippen LogP contribution in [0.15, 0.2) is 24.3 Å². The number of ether oxygens (including phenoxy) is 1. The third-order valence-electron chi connectivity index (χ3n) is 2.59. The molecule has 2 rings (SSSR count). The molecule has 0 radical (unpaired) electrons. The van der Waals surface area contributed by atoms with E-state index in [1.807, 2.05) is 30.7 Å². The van der Waals surface area contributed by atoms with E-state index in [1.165, 1.54) is 0 Å². The molecule has 0 N–H and O–H groups in total. The van der Waals surface area contributed by atoms with E-state index in [0.717, 1.165) is 23.4 Å². The normalized spacial score (nSPS) is 10.3. The summed E-state index contributed by atoms with van der Waals surface area (Å²) in [5.74, 6) is 0.574. The quantitative estimate of drug-likeness (QED) is 0.760. The molecule has 0 unspecified atom stereocenters. The van der Waals surface area contributed by atoms with Gasteiger partial charge in [-0.25, -0.2) is 4.68 Å². The van der Waals surface area contributed by atoms with Crippen molar-refractivity contribution in [2.75, 3.05) is 7.11 Å². The van der Waals surface area contributed by atoms with Crippen molar-refractivity contribution in [3.63, 3.8) is 0 Å². The van der Waals surface area contributed by atoms with Gasteiger partial charge in [-0.2, -0.15) is 5.10 Å². The minimum absolute atomic E-state index is 0.526. The van der Waals surface area contributed by atoms with E-state index >= 15 is 0 Å². The molecule has 0 aliphatic heterocycles. The Morgan fingerprint density at radius 3 is 2.59 bits per heavy atom. The summed E-state index contributed by atoms with van der Waals surface area (Å²) in [7, 11) is 1.55. The molecule has 0 aliphatic carbocycles. The minimum Gasteiger partial charge on any atom is -0.496 e. The van der Waals surface area contributed by atoms with E-state index in [0.29, 0.717) is 11.3 Å². The SMILES string of the molecule is COc1ccc(-n2nc(C)cc2C)cc1C=O. The number of benzene rings is 1. The van der Waals surface area contributed by atoms with Crippen LogP contribution in [0.2, 0.25) is 0 Å². The first-order valence-electron chi connectivity index (χ1n) is 5.32. The molecular formula is C13H14N2O2. The molecule has 0 saturated carbocycles. The molecule has 4 heteroatoms. The summed E-state index contributed by atoms with van der Waals surface area (Å²) >= 11 is 0. The largest absolute Gasteiger partial charge is 0.496 e. The molecule has 0 bridgehead atoms. The Bertz CT molecular complexity index is 559. The van der Waals surface area contributed by atoms with Gasteiger partial charge in [0.25, 0.3) is 0 Å². The molecule has 0 saturated heterocycles. The maximum atomic E-state index is 11.0. The average Bonchev–Trinajstić information content (AvgIpc) is 2.67. The van der Waals surface area contributed by atoms with Gasteiger partial charge >= 0.3 is 0 Å². The molecule has 1 heterocycles. The highest BCUT2D eigenvalue weighted by atomic mass is 16.5. The van der Waals surface area contributed by atoms with E-state index in [-0.39, 0.29) is 0 Å². The number of nitrogens with zero attached hydrogens (tertiary/aromatic N) is 2. The summed E-state index contributed by atoms with van der Waals surface area (Å²) in [6, 6.07) is 7.41. The van der Waals surface area contributed by atoms with Crippen LogP contribution in [-0.4, -0.2) is 23.2 Å². The van der Waals surface area contributed by atoms with Gasteiger partial charge < -0.3 is 4.74 Å². The number of aldehydes is 1. The highest BCUT2D eigenvalue weighted by Gasteiger charge is 2.07. The lowest BCUT2D eigenvalue weighted by Crippen LogP contribution is -2.01. The first-order valence-corrected chi connectivity index (χ1v) is 5.32. The van der Waals surface area contributed by atoms with Gasteiger partial charge in [-0.3, -0.25) is 4.79 Å². The first-order chi connectivity index (χ1) is 8.15. The van der Waals surface area contributed by atoms with E-state index in [9.17, 15) is 4.79 Å². The van der Waals surface area contributed by atoms with Crippen LogP contribution in [0.25, 0.3) is 5.69 Å². The fraction of sp³-hybridized carbons (Fsp3) is 0.231. The maximum Gasteiger partial charge on any atom is 0.153 e. The second kappa shape index (κ2) is 4.41. The van der Waals surface area contributed by atoms with Crippen LogP contribution >= 0.6 is 0 Å². The van der Waals surface area contributed by atoms with Gasteiger partial charge in [0.2, 0.25) is 0 Å². The predicted octanol–water partition coefficient (Wildman–Crippen LogP) is 2.31. The zero-order valence-electron chi connectivity index (χ0n) is 10.1. The van der Waals surface area contributed by atoms with Gasteiger partial charge in [0.05, 0.1) is 24.1 Å². The van der Waals surface area contributed by atoms with Crippen molar-refractivity contribution in [3.05, 3.63) is 41.2 Å². The van der Waals surface area contributed by atoms with Gasteiger partial charge in [-0.15, -0.1) is 0 Å². The second-order valence-corrected chi connectivity index (χ2v) is 3.88. The smallest absolute Gasteiger partial charge is 0.153 e. The van der Waals surface area contributed by atoms with Gasteiger partial charge in [0, 0.05) is 5.69 Å². The Balaban J connectivity index is 2.53. The standard InChI is InChI=1S/C13H14N2O2/c1-9-6-10(2)15(14-9)12-4-5-13(17-3)11(7-12)8-16/h4-8H,1-3H3. The highest BCUT2D eigenvalue weighted by molar-refractivity contribution is 5.80. The Morgan fingerprint density at radius 2 is 2.06 bits per heavy atom. The summed E-state index contributed by atoms with van der Waals surface area (Å²) in [4.78, 5) is 11.0. The molecule has 0 spiro atoms. The van der Waals surface area contributed by atoms with Gasteiger partial charge in [0.1, 0.15) is 5.75 Å². The lowest BCUT2D eigenvalue weighted by Gasteiger charge is -2.08. The van der Waals surface area contributed by atoms with E-state index in [4.69, 9.17) is 4.74 Å². The Morgan fingerprint density at radius 1 is 1.29 bits per heavy atom. The van der Waals surface area contributed by atoms with Crippen molar-refractivity contribution in [2.45, 2.75) is 13.8 Å². The second-order valence-electron chi connectivity index (χ2n) is 3.88. The molecule has 17 heavy (non-hydrogen) atoms. The molecule has 4 nitrogen and oxygen atoms in total. The zero-order valence-corrected chi connectivity index (χ0v) is 10.1. The summed E-state index contributed by atoms with van der Waals surface area (Å²) in [5, 5.41) is 4.37. The molecule has 0 aliphatic rings. The van der Waals surface area contributed by atoms with Gasteiger partial charge in [0.15, 0.2) is 6.29 Å². The van der Waals surface area contributed by atoms with Crippen LogP contribution in [0.3, 0.4) is 0 Å². The molecule has 2 aromatic rings. The van der Waals surface area contributed by atoms with Crippen LogP contribution in [0, 0.1) is 13.8 Å².